The van der Waals surface area contributed by atoms with Gasteiger partial charge in [0.15, 0.2) is 0 Å². The van der Waals surface area contributed by atoms with Gasteiger partial charge in [-0.3, -0.25) is 0 Å². The maximum atomic E-state index is 12.4. The normalized spacial score (nSPS) is 21.8. The molecule has 2 N–H and O–H groups in total. The number of halogens is 1. The number of aromatic nitrogens is 2. The van der Waals surface area contributed by atoms with Crippen LogP contribution in [-0.2, 0) is 10.2 Å². The fourth-order valence-electron chi connectivity index (χ4n) is 7.86. The number of benzene rings is 2. The minimum absolute atomic E-state index is 0.0884. The van der Waals surface area contributed by atoms with Crippen LogP contribution in [0.2, 0.25) is 0 Å². The standard InChI is InChI=1S/C37H49IN3O2/c1-2-27(32(28-12-6-3-7-13-28)25-38-35(36(42)43)30-14-8-4-9-15-30)26-41-22-18-29(19-23-41)33-24-34(40-39-33)37(20-21-37)31-16-10-5-11-17-31/h3,5-7,10-13,16-17,24,27,29-30,32,35H,2,4,8-9,14-15,18-23,25-26H2,1H3,(H,39,40)(H,42,43)/q-1/t27?,32-,35+/m0/s1. The molecule has 6 heteroatoms. The van der Waals surface area contributed by atoms with Gasteiger partial charge in [-0.25, -0.2) is 0 Å². The van der Waals surface area contributed by atoms with E-state index in [4.69, 9.17) is 5.10 Å². The van der Waals surface area contributed by atoms with Crippen molar-refractivity contribution in [3.8, 4) is 0 Å². The van der Waals surface area contributed by atoms with Crippen molar-refractivity contribution in [1.29, 1.82) is 0 Å². The molecule has 2 aliphatic carbocycles. The van der Waals surface area contributed by atoms with Crippen LogP contribution in [0, 0.1) is 11.8 Å². The summed E-state index contributed by atoms with van der Waals surface area (Å²) in [6, 6.07) is 24.3. The molecule has 1 aromatic heterocycles. The van der Waals surface area contributed by atoms with Crippen LogP contribution in [0.4, 0.5) is 0 Å². The molecular weight excluding hydrogens is 645 g/mol. The molecule has 5 nitrogen and oxygen atoms in total. The van der Waals surface area contributed by atoms with Gasteiger partial charge in [-0.2, -0.15) is 0 Å². The monoisotopic (exact) mass is 694 g/mol. The number of rotatable bonds is 13. The van der Waals surface area contributed by atoms with Gasteiger partial charge in [0.2, 0.25) is 0 Å². The van der Waals surface area contributed by atoms with Crippen molar-refractivity contribution in [3.05, 3.63) is 89.2 Å². The van der Waals surface area contributed by atoms with Gasteiger partial charge in [0.25, 0.3) is 0 Å². The van der Waals surface area contributed by atoms with E-state index >= 15 is 0 Å². The molecule has 0 radical (unpaired) electrons. The van der Waals surface area contributed by atoms with Crippen molar-refractivity contribution >= 4 is 5.97 Å². The first-order valence-corrected chi connectivity index (χ1v) is 19.5. The first kappa shape index (κ1) is 30.8. The van der Waals surface area contributed by atoms with Crippen molar-refractivity contribution in [1.82, 2.24) is 15.1 Å². The van der Waals surface area contributed by atoms with E-state index < -0.39 is 27.2 Å². The molecule has 3 atom stereocenters. The van der Waals surface area contributed by atoms with Gasteiger partial charge >= 0.3 is 221 Å². The molecule has 3 aromatic rings. The van der Waals surface area contributed by atoms with Crippen molar-refractivity contribution in [2.75, 3.05) is 24.1 Å². The molecule has 43 heavy (non-hydrogen) atoms. The van der Waals surface area contributed by atoms with E-state index in [0.29, 0.717) is 23.7 Å². The summed E-state index contributed by atoms with van der Waals surface area (Å²) in [6.45, 7) is 5.69. The average Bonchev–Trinajstić information content (AvgIpc) is 3.72. The second-order valence-electron chi connectivity index (χ2n) is 13.4. The topological polar surface area (TPSA) is 69.2 Å². The summed E-state index contributed by atoms with van der Waals surface area (Å²) < 4.78 is 0.986. The van der Waals surface area contributed by atoms with Gasteiger partial charge in [0, 0.05) is 0 Å². The van der Waals surface area contributed by atoms with Gasteiger partial charge in [0.05, 0.1) is 0 Å². The Labute approximate surface area is 268 Å². The Morgan fingerprint density at radius 1 is 1.00 bits per heavy atom. The summed E-state index contributed by atoms with van der Waals surface area (Å²) >= 11 is -0.424. The van der Waals surface area contributed by atoms with Crippen molar-refractivity contribution in [2.45, 2.75) is 92.3 Å². The summed E-state index contributed by atoms with van der Waals surface area (Å²) in [5, 5.41) is 18.5. The van der Waals surface area contributed by atoms with Gasteiger partial charge < -0.3 is 0 Å². The number of likely N-dealkylation sites (tertiary alicyclic amines) is 1. The van der Waals surface area contributed by atoms with E-state index in [1.807, 2.05) is 0 Å². The van der Waals surface area contributed by atoms with E-state index in [2.05, 4.69) is 83.7 Å². The predicted octanol–water partition coefficient (Wildman–Crippen LogP) is 4.60. The molecule has 6 rings (SSSR count). The maximum absolute atomic E-state index is 12.4. The third-order valence-electron chi connectivity index (χ3n) is 10.7. The zero-order valence-corrected chi connectivity index (χ0v) is 27.9. The number of carboxylic acid groups (broad SMARTS) is 1. The molecule has 0 amide bonds. The zero-order valence-electron chi connectivity index (χ0n) is 25.8. The summed E-state index contributed by atoms with van der Waals surface area (Å²) in [5.41, 5.74) is 5.48. The number of nitrogens with zero attached hydrogens (tertiary/aromatic N) is 2. The van der Waals surface area contributed by atoms with Gasteiger partial charge in [-0.15, -0.1) is 0 Å². The summed E-state index contributed by atoms with van der Waals surface area (Å²) in [4.78, 5) is 15.1. The molecular formula is C37H49IN3O2-. The Balaban J connectivity index is 1.08. The van der Waals surface area contributed by atoms with Crippen LogP contribution in [0.25, 0.3) is 0 Å². The Kier molecular flexibility index (Phi) is 10.2. The second-order valence-corrected chi connectivity index (χ2v) is 16.5. The first-order valence-electron chi connectivity index (χ1n) is 16.8. The number of carboxylic acids is 1. The third-order valence-corrected chi connectivity index (χ3v) is 14.7. The quantitative estimate of drug-likeness (QED) is 0.203. The van der Waals surface area contributed by atoms with Crippen LogP contribution >= 0.6 is 0 Å². The van der Waals surface area contributed by atoms with E-state index in [0.717, 1.165) is 43.3 Å². The number of carbonyl (C=O) groups is 1. The second kappa shape index (κ2) is 14.3. The van der Waals surface area contributed by atoms with Crippen LogP contribution < -0.4 is 21.2 Å². The number of aromatic amines is 1. The fourth-order valence-corrected chi connectivity index (χ4v) is 12.0. The van der Waals surface area contributed by atoms with Gasteiger partial charge in [-0.1, -0.05) is 30.3 Å². The van der Waals surface area contributed by atoms with E-state index in [9.17, 15) is 9.90 Å². The fraction of sp³-hybridized carbons (Fsp3) is 0.568. The van der Waals surface area contributed by atoms with E-state index in [1.54, 1.807) is 0 Å². The molecule has 1 aliphatic heterocycles. The zero-order chi connectivity index (χ0) is 29.6. The molecule has 2 heterocycles. The van der Waals surface area contributed by atoms with Crippen LogP contribution in [0.5, 0.6) is 0 Å². The number of nitrogens with one attached hydrogen (secondary N) is 1. The predicted molar refractivity (Wildman–Crippen MR) is 169 cm³/mol. The minimum atomic E-state index is -0.528. The summed E-state index contributed by atoms with van der Waals surface area (Å²) in [7, 11) is 0. The Bertz CT molecular complexity index is 1290. The van der Waals surface area contributed by atoms with E-state index in [1.165, 1.54) is 67.5 Å². The van der Waals surface area contributed by atoms with Gasteiger partial charge in [0.1, 0.15) is 0 Å². The van der Waals surface area contributed by atoms with Crippen LogP contribution in [-0.4, -0.2) is 54.2 Å². The number of hydrogen-bond donors (Lipinski definition) is 2. The first-order chi connectivity index (χ1) is 21.1. The Hall–Kier alpha value is -2.19. The van der Waals surface area contributed by atoms with Crippen LogP contribution in [0.15, 0.2) is 66.7 Å². The van der Waals surface area contributed by atoms with Gasteiger partial charge in [-0.05, 0) is 18.4 Å². The average molecular weight is 695 g/mol. The molecule has 1 unspecified atom stereocenters. The molecule has 3 aliphatic rings. The SMILES string of the molecule is CCC(CN1CCC(c2cc(C3(c4ccccc4)CC3)n[nH]2)CC1)[C@H](C[I-][C@@H](C(=O)O)C1CCCCC1)c1ccccc1. The third kappa shape index (κ3) is 7.22. The summed E-state index contributed by atoms with van der Waals surface area (Å²) in [6.07, 6.45) is 11.8. The van der Waals surface area contributed by atoms with Crippen molar-refractivity contribution in [3.63, 3.8) is 0 Å². The molecule has 0 spiro atoms. The van der Waals surface area contributed by atoms with Crippen LogP contribution in [0.1, 0.15) is 105 Å². The Morgan fingerprint density at radius 2 is 1.67 bits per heavy atom. The molecule has 2 saturated carbocycles. The molecule has 0 bridgehead atoms. The van der Waals surface area contributed by atoms with Crippen LogP contribution in [0.3, 0.4) is 0 Å². The number of aliphatic carboxylic acids is 1. The van der Waals surface area contributed by atoms with E-state index in [-0.39, 0.29) is 9.34 Å². The van der Waals surface area contributed by atoms with Crippen molar-refractivity contribution < 1.29 is 31.1 Å². The number of hydrogen-bond acceptors (Lipinski definition) is 3. The molecule has 2 aromatic carbocycles. The number of alkyl halides is 2. The molecule has 3 fully saturated rings. The number of H-pyrrole nitrogens is 1. The molecule has 1 saturated heterocycles. The Morgan fingerprint density at radius 3 is 2.30 bits per heavy atom. The number of piperidine rings is 1. The van der Waals surface area contributed by atoms with Crippen molar-refractivity contribution in [2.24, 2.45) is 11.8 Å². The summed E-state index contributed by atoms with van der Waals surface area (Å²) in [5.74, 6) is 1.43. The molecule has 232 valence electrons.